The molecule has 1 radical (unpaired) electrons. The lowest BCUT2D eigenvalue weighted by Gasteiger charge is -2.45. The van der Waals surface area contributed by atoms with Gasteiger partial charge in [0.2, 0.25) is 6.29 Å². The van der Waals surface area contributed by atoms with Gasteiger partial charge in [-0.1, -0.05) is 12.8 Å². The Hall–Kier alpha value is -0.330. The van der Waals surface area contributed by atoms with Gasteiger partial charge in [-0.3, -0.25) is 4.79 Å². The molecule has 3 saturated carbocycles. The molecule has 0 spiro atoms. The minimum atomic E-state index is 0.0237. The van der Waals surface area contributed by atoms with Crippen molar-refractivity contribution in [2.24, 2.45) is 23.2 Å². The second-order valence-electron chi connectivity index (χ2n) is 5.38. The van der Waals surface area contributed by atoms with Crippen molar-refractivity contribution in [2.75, 3.05) is 0 Å². The Labute approximate surface area is 79.9 Å². The van der Waals surface area contributed by atoms with Gasteiger partial charge in [-0.05, 0) is 49.9 Å². The van der Waals surface area contributed by atoms with Gasteiger partial charge in [-0.25, -0.2) is 0 Å². The molecule has 4 atom stereocenters. The Balaban J connectivity index is 1.97. The fourth-order valence-electron chi connectivity index (χ4n) is 4.25. The molecule has 4 bridgehead atoms. The highest BCUT2D eigenvalue weighted by molar-refractivity contribution is 5.61. The van der Waals surface area contributed by atoms with Crippen molar-refractivity contribution in [3.63, 3.8) is 0 Å². The van der Waals surface area contributed by atoms with E-state index in [0.717, 1.165) is 18.3 Å². The first-order valence-corrected chi connectivity index (χ1v) is 5.73. The highest BCUT2D eigenvalue weighted by Crippen LogP contribution is 2.59. The minimum absolute atomic E-state index is 0.0237. The molecular weight excluding hydrogens is 160 g/mol. The van der Waals surface area contributed by atoms with Crippen molar-refractivity contribution in [1.82, 2.24) is 0 Å². The fraction of sp³-hybridized carbons (Fsp3) is 0.917. The number of carbonyl (C=O) groups excluding carboxylic acids is 1. The van der Waals surface area contributed by atoms with Crippen LogP contribution in [0.3, 0.4) is 0 Å². The topological polar surface area (TPSA) is 17.1 Å². The predicted octanol–water partition coefficient (Wildman–Crippen LogP) is 2.70. The van der Waals surface area contributed by atoms with Crippen molar-refractivity contribution in [2.45, 2.75) is 44.9 Å². The van der Waals surface area contributed by atoms with Crippen LogP contribution in [0.2, 0.25) is 0 Å². The van der Waals surface area contributed by atoms with Crippen LogP contribution in [0.15, 0.2) is 0 Å². The summed E-state index contributed by atoms with van der Waals surface area (Å²) >= 11 is 0. The van der Waals surface area contributed by atoms with Crippen molar-refractivity contribution in [3.05, 3.63) is 0 Å². The fourth-order valence-corrected chi connectivity index (χ4v) is 4.25. The van der Waals surface area contributed by atoms with E-state index >= 15 is 0 Å². The number of hydrogen-bond donors (Lipinski definition) is 0. The summed E-state index contributed by atoms with van der Waals surface area (Å²) in [5.74, 6) is 2.58. The summed E-state index contributed by atoms with van der Waals surface area (Å²) < 4.78 is 0. The van der Waals surface area contributed by atoms with Crippen LogP contribution in [0, 0.1) is 23.2 Å². The molecule has 0 heterocycles. The summed E-state index contributed by atoms with van der Waals surface area (Å²) in [6, 6.07) is 0. The van der Waals surface area contributed by atoms with Gasteiger partial charge >= 0.3 is 0 Å². The van der Waals surface area contributed by atoms with Crippen LogP contribution in [0.5, 0.6) is 0 Å². The van der Waals surface area contributed by atoms with Gasteiger partial charge in [0, 0.05) is 5.41 Å². The normalized spacial score (nSPS) is 53.4. The maximum Gasteiger partial charge on any atom is 0.205 e. The zero-order chi connectivity index (χ0) is 8.89. The highest BCUT2D eigenvalue weighted by Gasteiger charge is 2.52. The summed E-state index contributed by atoms with van der Waals surface area (Å²) in [6.07, 6.45) is 11.5. The Morgan fingerprint density at radius 3 is 2.92 bits per heavy atom. The van der Waals surface area contributed by atoms with E-state index in [0.29, 0.717) is 5.92 Å². The molecule has 3 aliphatic carbocycles. The summed E-state index contributed by atoms with van der Waals surface area (Å²) in [4.78, 5) is 11.2. The molecule has 1 nitrogen and oxygen atoms in total. The quantitative estimate of drug-likeness (QED) is 0.602. The van der Waals surface area contributed by atoms with Crippen molar-refractivity contribution in [3.8, 4) is 0 Å². The van der Waals surface area contributed by atoms with Crippen LogP contribution in [0.25, 0.3) is 0 Å². The maximum atomic E-state index is 11.2. The number of rotatable bonds is 1. The van der Waals surface area contributed by atoms with E-state index in [1.807, 2.05) is 0 Å². The Morgan fingerprint density at radius 1 is 1.15 bits per heavy atom. The minimum Gasteiger partial charge on any atom is -0.290 e. The Bertz CT molecular complexity index is 235. The Morgan fingerprint density at radius 2 is 2.08 bits per heavy atom. The van der Waals surface area contributed by atoms with Crippen molar-refractivity contribution in [1.29, 1.82) is 0 Å². The number of fused-ring (bicyclic) bond motifs is 6. The van der Waals surface area contributed by atoms with E-state index < -0.39 is 0 Å². The third-order valence-electron chi connectivity index (χ3n) is 4.95. The molecule has 0 amide bonds. The van der Waals surface area contributed by atoms with Crippen LogP contribution in [0.4, 0.5) is 0 Å². The van der Waals surface area contributed by atoms with Gasteiger partial charge < -0.3 is 0 Å². The van der Waals surface area contributed by atoms with Crippen molar-refractivity contribution >= 4 is 6.29 Å². The Kier molecular flexibility index (Phi) is 1.59. The molecule has 71 valence electrons. The monoisotopic (exact) mass is 177 g/mol. The van der Waals surface area contributed by atoms with E-state index in [2.05, 4.69) is 6.29 Å². The second kappa shape index (κ2) is 2.59. The van der Waals surface area contributed by atoms with E-state index in [-0.39, 0.29) is 5.41 Å². The van der Waals surface area contributed by atoms with E-state index in [1.165, 1.54) is 38.5 Å². The molecule has 0 aromatic rings. The smallest absolute Gasteiger partial charge is 0.205 e. The maximum absolute atomic E-state index is 11.2. The van der Waals surface area contributed by atoms with Gasteiger partial charge in [0.25, 0.3) is 0 Å². The summed E-state index contributed by atoms with van der Waals surface area (Å²) in [5, 5.41) is 0. The van der Waals surface area contributed by atoms with Crippen LogP contribution < -0.4 is 0 Å². The lowest BCUT2D eigenvalue weighted by Crippen LogP contribution is -2.41. The van der Waals surface area contributed by atoms with Crippen LogP contribution in [-0.4, -0.2) is 6.29 Å². The van der Waals surface area contributed by atoms with Gasteiger partial charge in [0.1, 0.15) is 0 Å². The predicted molar refractivity (Wildman–Crippen MR) is 50.9 cm³/mol. The van der Waals surface area contributed by atoms with Gasteiger partial charge in [0.05, 0.1) is 0 Å². The van der Waals surface area contributed by atoms with E-state index in [1.54, 1.807) is 0 Å². The zero-order valence-electron chi connectivity index (χ0n) is 8.09. The molecule has 4 unspecified atom stereocenters. The second-order valence-corrected chi connectivity index (χ2v) is 5.38. The highest BCUT2D eigenvalue weighted by atomic mass is 16.1. The average Bonchev–Trinajstić information content (AvgIpc) is 2.63. The molecule has 3 fully saturated rings. The van der Waals surface area contributed by atoms with Crippen LogP contribution in [0.1, 0.15) is 44.9 Å². The van der Waals surface area contributed by atoms with Crippen LogP contribution >= 0.6 is 0 Å². The summed E-state index contributed by atoms with van der Waals surface area (Å²) in [6.45, 7) is 0. The summed E-state index contributed by atoms with van der Waals surface area (Å²) in [7, 11) is 0. The molecule has 3 rings (SSSR count). The average molecular weight is 177 g/mol. The van der Waals surface area contributed by atoms with E-state index in [4.69, 9.17) is 0 Å². The van der Waals surface area contributed by atoms with E-state index in [9.17, 15) is 4.79 Å². The molecular formula is C12H17O. The first kappa shape index (κ1) is 8.02. The third-order valence-corrected chi connectivity index (χ3v) is 4.95. The molecule has 1 heteroatoms. The molecule has 0 aromatic heterocycles. The van der Waals surface area contributed by atoms with Crippen LogP contribution in [-0.2, 0) is 4.79 Å². The zero-order valence-corrected chi connectivity index (χ0v) is 8.09. The van der Waals surface area contributed by atoms with Gasteiger partial charge in [-0.15, -0.1) is 0 Å². The summed E-state index contributed by atoms with van der Waals surface area (Å²) in [5.41, 5.74) is 0.0237. The largest absolute Gasteiger partial charge is 0.290 e. The van der Waals surface area contributed by atoms with Gasteiger partial charge in [-0.2, -0.15) is 0 Å². The van der Waals surface area contributed by atoms with Crippen molar-refractivity contribution < 1.29 is 4.79 Å². The SMILES string of the molecule is O=[C]C12CCCC(C1)C1CCC2C1. The van der Waals surface area contributed by atoms with Gasteiger partial charge in [0.15, 0.2) is 0 Å². The molecule has 0 aromatic carbocycles. The first-order chi connectivity index (χ1) is 6.34. The standard InChI is InChI=1S/C12H17O/c13-8-12-5-1-2-10(7-12)9-3-4-11(12)6-9/h9-11H,1-7H2. The lowest BCUT2D eigenvalue weighted by molar-refractivity contribution is 0.0668. The molecule has 0 saturated heterocycles. The molecule has 0 aliphatic heterocycles. The molecule has 0 N–H and O–H groups in total. The third kappa shape index (κ3) is 0.963. The molecule has 13 heavy (non-hydrogen) atoms. The number of hydrogen-bond acceptors (Lipinski definition) is 1. The first-order valence-electron chi connectivity index (χ1n) is 5.73. The molecule has 3 aliphatic rings. The lowest BCUT2D eigenvalue weighted by atomic mass is 9.57.